The first-order valence-electron chi connectivity index (χ1n) is 6.25. The molecule has 20 heavy (non-hydrogen) atoms. The molecule has 1 atom stereocenters. The van der Waals surface area contributed by atoms with E-state index < -0.39 is 0 Å². The van der Waals surface area contributed by atoms with Crippen molar-refractivity contribution >= 4 is 23.2 Å². The maximum atomic E-state index is 11.8. The van der Waals surface area contributed by atoms with Gasteiger partial charge in [0, 0.05) is 25.4 Å². The lowest BCUT2D eigenvalue weighted by Crippen LogP contribution is -2.51. The Kier molecular flexibility index (Phi) is 4.86. The van der Waals surface area contributed by atoms with Crippen LogP contribution in [0, 0.1) is 0 Å². The van der Waals surface area contributed by atoms with Crippen molar-refractivity contribution in [2.24, 2.45) is 0 Å². The average molecular weight is 295 g/mol. The number of ether oxygens (including phenoxy) is 2. The van der Waals surface area contributed by atoms with Crippen LogP contribution < -0.4 is 10.1 Å². The van der Waals surface area contributed by atoms with Crippen LogP contribution in [0.1, 0.15) is 18.0 Å². The molecule has 1 amide bonds. The number of carbonyl (C=O) groups is 1. The van der Waals surface area contributed by atoms with Gasteiger partial charge in [-0.25, -0.2) is 4.98 Å². The van der Waals surface area contributed by atoms with Crippen molar-refractivity contribution in [3.8, 4) is 5.88 Å². The Balaban J connectivity index is 2.32. The number of methoxy groups -OCH3 is 2. The summed E-state index contributed by atoms with van der Waals surface area (Å²) in [7, 11) is 3.19. The van der Waals surface area contributed by atoms with Crippen LogP contribution in [0.15, 0.2) is 18.3 Å². The van der Waals surface area contributed by atoms with E-state index in [1.54, 1.807) is 20.4 Å². The van der Waals surface area contributed by atoms with E-state index in [-0.39, 0.29) is 11.9 Å². The van der Waals surface area contributed by atoms with Crippen molar-refractivity contribution in [3.05, 3.63) is 23.9 Å². The molecule has 0 bridgehead atoms. The van der Waals surface area contributed by atoms with Crippen molar-refractivity contribution in [3.63, 3.8) is 0 Å². The van der Waals surface area contributed by atoms with E-state index in [9.17, 15) is 4.79 Å². The fourth-order valence-corrected chi connectivity index (χ4v) is 2.55. The molecule has 1 N–H and O–H groups in total. The minimum absolute atomic E-state index is 0.0976. The van der Waals surface area contributed by atoms with Crippen molar-refractivity contribution < 1.29 is 14.3 Å². The van der Waals surface area contributed by atoms with Gasteiger partial charge in [0.05, 0.1) is 26.2 Å². The zero-order chi connectivity index (χ0) is 14.5. The van der Waals surface area contributed by atoms with Gasteiger partial charge in [-0.1, -0.05) is 6.07 Å². The quantitative estimate of drug-likeness (QED) is 0.814. The summed E-state index contributed by atoms with van der Waals surface area (Å²) in [5.41, 5.74) is 0.850. The molecular formula is C13H17N3O3S. The van der Waals surface area contributed by atoms with E-state index in [0.717, 1.165) is 5.56 Å². The minimum atomic E-state index is -0.185. The molecule has 1 aromatic rings. The third kappa shape index (κ3) is 3.05. The van der Waals surface area contributed by atoms with Gasteiger partial charge in [-0.05, 0) is 18.3 Å². The Labute approximate surface area is 123 Å². The van der Waals surface area contributed by atoms with Gasteiger partial charge in [0.25, 0.3) is 0 Å². The molecule has 0 saturated carbocycles. The van der Waals surface area contributed by atoms with E-state index in [0.29, 0.717) is 30.6 Å². The number of aromatic nitrogens is 1. The van der Waals surface area contributed by atoms with Gasteiger partial charge in [-0.2, -0.15) is 0 Å². The van der Waals surface area contributed by atoms with Crippen molar-refractivity contribution in [1.29, 1.82) is 0 Å². The van der Waals surface area contributed by atoms with Crippen LogP contribution >= 0.6 is 12.2 Å². The number of hydrogen-bond donors (Lipinski definition) is 1. The summed E-state index contributed by atoms with van der Waals surface area (Å²) in [6.45, 7) is 1.12. The Morgan fingerprint density at radius 2 is 2.35 bits per heavy atom. The molecule has 1 aliphatic heterocycles. The van der Waals surface area contributed by atoms with Crippen LogP contribution in [0.2, 0.25) is 0 Å². The second-order valence-electron chi connectivity index (χ2n) is 4.36. The first-order chi connectivity index (χ1) is 9.67. The van der Waals surface area contributed by atoms with Crippen LogP contribution in [-0.2, 0) is 9.53 Å². The lowest BCUT2D eigenvalue weighted by Gasteiger charge is -2.37. The van der Waals surface area contributed by atoms with E-state index in [4.69, 9.17) is 21.7 Å². The number of nitrogens with one attached hydrogen (secondary N) is 1. The molecule has 108 valence electrons. The third-order valence-electron chi connectivity index (χ3n) is 3.15. The summed E-state index contributed by atoms with van der Waals surface area (Å²) in [6, 6.07) is 3.54. The number of nitrogens with zero attached hydrogens (tertiary/aromatic N) is 2. The number of pyridine rings is 1. The monoisotopic (exact) mass is 295 g/mol. The fourth-order valence-electron chi connectivity index (χ4n) is 2.22. The predicted octanol–water partition coefficient (Wildman–Crippen LogP) is 0.885. The van der Waals surface area contributed by atoms with Gasteiger partial charge in [0.15, 0.2) is 5.11 Å². The predicted molar refractivity (Wildman–Crippen MR) is 77.5 cm³/mol. The molecule has 1 saturated heterocycles. The molecule has 7 heteroatoms. The Bertz CT molecular complexity index is 509. The van der Waals surface area contributed by atoms with E-state index in [1.165, 1.54) is 0 Å². The zero-order valence-corrected chi connectivity index (χ0v) is 12.3. The number of rotatable bonds is 5. The van der Waals surface area contributed by atoms with Crippen LogP contribution in [0.25, 0.3) is 0 Å². The number of hydrogen-bond acceptors (Lipinski definition) is 5. The topological polar surface area (TPSA) is 63.7 Å². The van der Waals surface area contributed by atoms with E-state index in [1.807, 2.05) is 17.0 Å². The van der Waals surface area contributed by atoms with Gasteiger partial charge >= 0.3 is 0 Å². The van der Waals surface area contributed by atoms with Crippen LogP contribution in [0.5, 0.6) is 5.88 Å². The highest BCUT2D eigenvalue weighted by atomic mass is 32.1. The zero-order valence-electron chi connectivity index (χ0n) is 11.5. The lowest BCUT2D eigenvalue weighted by molar-refractivity contribution is -0.122. The summed E-state index contributed by atoms with van der Waals surface area (Å²) < 4.78 is 10.4. The van der Waals surface area contributed by atoms with Crippen LogP contribution in [0.4, 0.5) is 0 Å². The normalized spacial score (nSPS) is 18.9. The van der Waals surface area contributed by atoms with Crippen molar-refractivity contribution in [2.45, 2.75) is 12.5 Å². The standard InChI is InChI=1S/C13H17N3O3S/c1-18-7-6-16-10(8-11(17)15-13(16)20)9-4-3-5-14-12(9)19-2/h3-5,10H,6-8H2,1-2H3,(H,15,17,20)/t10-/m1/s1. The summed E-state index contributed by atoms with van der Waals surface area (Å²) in [4.78, 5) is 17.9. The van der Waals surface area contributed by atoms with Crippen LogP contribution in [0.3, 0.4) is 0 Å². The average Bonchev–Trinajstić information content (AvgIpc) is 2.45. The molecule has 0 radical (unpaired) electrons. The van der Waals surface area contributed by atoms with Gasteiger partial charge in [0.2, 0.25) is 11.8 Å². The van der Waals surface area contributed by atoms with Crippen molar-refractivity contribution in [2.75, 3.05) is 27.4 Å². The summed E-state index contributed by atoms with van der Waals surface area (Å²) in [5.74, 6) is 0.414. The molecule has 6 nitrogen and oxygen atoms in total. The first kappa shape index (κ1) is 14.7. The van der Waals surface area contributed by atoms with Crippen molar-refractivity contribution in [1.82, 2.24) is 15.2 Å². The molecule has 1 aliphatic rings. The lowest BCUT2D eigenvalue weighted by atomic mass is 10.0. The Morgan fingerprint density at radius 3 is 3.05 bits per heavy atom. The number of carbonyl (C=O) groups excluding carboxylic acids is 1. The molecule has 1 aromatic heterocycles. The van der Waals surface area contributed by atoms with Gasteiger partial charge in [-0.15, -0.1) is 0 Å². The highest BCUT2D eigenvalue weighted by molar-refractivity contribution is 7.80. The smallest absolute Gasteiger partial charge is 0.228 e. The SMILES string of the molecule is COCCN1C(=S)NC(=O)C[C@@H]1c1cccnc1OC. The highest BCUT2D eigenvalue weighted by Crippen LogP contribution is 2.32. The second-order valence-corrected chi connectivity index (χ2v) is 4.75. The van der Waals surface area contributed by atoms with Gasteiger partial charge in [-0.3, -0.25) is 4.79 Å². The Morgan fingerprint density at radius 1 is 1.55 bits per heavy atom. The number of amides is 1. The summed E-state index contributed by atoms with van der Waals surface area (Å²) in [6.07, 6.45) is 1.97. The molecule has 0 unspecified atom stereocenters. The maximum absolute atomic E-state index is 11.8. The highest BCUT2D eigenvalue weighted by Gasteiger charge is 2.32. The third-order valence-corrected chi connectivity index (χ3v) is 3.49. The number of thiocarbonyl (C=S) groups is 1. The largest absolute Gasteiger partial charge is 0.481 e. The molecule has 0 spiro atoms. The second kappa shape index (κ2) is 6.62. The molecule has 1 fully saturated rings. The van der Waals surface area contributed by atoms with Crippen LogP contribution in [-0.4, -0.2) is 48.3 Å². The van der Waals surface area contributed by atoms with Gasteiger partial charge < -0.3 is 19.7 Å². The molecule has 2 heterocycles. The molecule has 0 aromatic carbocycles. The molecule has 2 rings (SSSR count). The van der Waals surface area contributed by atoms with E-state index >= 15 is 0 Å². The van der Waals surface area contributed by atoms with Gasteiger partial charge in [0.1, 0.15) is 0 Å². The minimum Gasteiger partial charge on any atom is -0.481 e. The maximum Gasteiger partial charge on any atom is 0.228 e. The molecular weight excluding hydrogens is 278 g/mol. The summed E-state index contributed by atoms with van der Waals surface area (Å²) >= 11 is 5.25. The summed E-state index contributed by atoms with van der Waals surface area (Å²) in [5, 5.41) is 3.09. The fraction of sp³-hybridized carbons (Fsp3) is 0.462. The first-order valence-corrected chi connectivity index (χ1v) is 6.66. The Hall–Kier alpha value is -1.73. The molecule has 0 aliphatic carbocycles. The van der Waals surface area contributed by atoms with E-state index in [2.05, 4.69) is 10.3 Å².